The second kappa shape index (κ2) is 5.86. The first kappa shape index (κ1) is 11.3. The summed E-state index contributed by atoms with van der Waals surface area (Å²) in [7, 11) is 0. The van der Waals surface area contributed by atoms with Crippen LogP contribution in [-0.4, -0.2) is 18.5 Å². The molecule has 0 spiro atoms. The smallest absolute Gasteiger partial charge is 0.205 e. The fraction of sp³-hybridized carbons (Fsp3) is 0.900. The number of hydrogen-bond acceptors (Lipinski definition) is 2. The van der Waals surface area contributed by atoms with E-state index in [2.05, 4.69) is 29.6 Å². The molecule has 4 heteroatoms. The van der Waals surface area contributed by atoms with Crippen LogP contribution >= 0.6 is 0 Å². The molecule has 82 valence electrons. The van der Waals surface area contributed by atoms with Crippen LogP contribution in [0.1, 0.15) is 39.5 Å². The average Bonchev–Trinajstić information content (AvgIpc) is 3.01. The molecule has 1 fully saturated rings. The molecule has 1 aliphatic rings. The van der Waals surface area contributed by atoms with Gasteiger partial charge in [0.05, 0.1) is 0 Å². The lowest BCUT2D eigenvalue weighted by atomic mass is 10.0. The van der Waals surface area contributed by atoms with E-state index < -0.39 is 0 Å². The summed E-state index contributed by atoms with van der Waals surface area (Å²) in [6.07, 6.45) is 4.85. The van der Waals surface area contributed by atoms with E-state index in [-0.39, 0.29) is 0 Å². The third kappa shape index (κ3) is 3.96. The summed E-state index contributed by atoms with van der Waals surface area (Å²) in [5.41, 5.74) is 2.62. The molecular weight excluding hydrogens is 176 g/mol. The van der Waals surface area contributed by atoms with Crippen molar-refractivity contribution in [3.8, 4) is 0 Å². The summed E-state index contributed by atoms with van der Waals surface area (Å²) < 4.78 is 0. The minimum Gasteiger partial charge on any atom is -0.353 e. The summed E-state index contributed by atoms with van der Waals surface area (Å²) >= 11 is 0. The molecule has 0 atom stereocenters. The van der Waals surface area contributed by atoms with Crippen molar-refractivity contribution in [2.24, 2.45) is 16.8 Å². The molecule has 4 nitrogen and oxygen atoms in total. The predicted octanol–water partition coefficient (Wildman–Crippen LogP) is 0.994. The van der Waals surface area contributed by atoms with Crippen LogP contribution < -0.4 is 16.6 Å². The number of hydrogen-bond donors (Lipinski definition) is 3. The van der Waals surface area contributed by atoms with Gasteiger partial charge in [0.15, 0.2) is 0 Å². The van der Waals surface area contributed by atoms with Crippen LogP contribution in [0.25, 0.3) is 0 Å². The van der Waals surface area contributed by atoms with Crippen LogP contribution in [0.15, 0.2) is 4.99 Å². The maximum Gasteiger partial charge on any atom is 0.205 e. The van der Waals surface area contributed by atoms with E-state index in [4.69, 9.17) is 5.84 Å². The lowest BCUT2D eigenvalue weighted by Gasteiger charge is -2.11. The highest BCUT2D eigenvalue weighted by Gasteiger charge is 2.21. The Hall–Kier alpha value is -0.770. The zero-order valence-corrected chi connectivity index (χ0v) is 9.21. The normalized spacial score (nSPS) is 17.3. The van der Waals surface area contributed by atoms with Gasteiger partial charge < -0.3 is 5.32 Å². The number of guanidine groups is 1. The zero-order valence-electron chi connectivity index (χ0n) is 9.21. The second-order valence-corrected chi connectivity index (χ2v) is 3.93. The first-order valence-corrected chi connectivity index (χ1v) is 5.57. The number of nitrogens with one attached hydrogen (secondary N) is 2. The standard InChI is InChI=1S/C10H22N4/c1-3-8(4-2)7-12-10(14-11)13-9-5-6-9/h8-9H,3-7,11H2,1-2H3,(H2,12,13,14). The van der Waals surface area contributed by atoms with Gasteiger partial charge in [0, 0.05) is 12.6 Å². The lowest BCUT2D eigenvalue weighted by Crippen LogP contribution is -2.42. The molecule has 0 radical (unpaired) electrons. The molecule has 0 saturated heterocycles. The largest absolute Gasteiger partial charge is 0.353 e. The number of hydrazine groups is 1. The maximum absolute atomic E-state index is 5.37. The van der Waals surface area contributed by atoms with E-state index in [0.29, 0.717) is 12.0 Å². The van der Waals surface area contributed by atoms with Gasteiger partial charge in [-0.3, -0.25) is 10.4 Å². The Balaban J connectivity index is 2.29. The fourth-order valence-electron chi connectivity index (χ4n) is 1.32. The SMILES string of the molecule is CCC(CC)CN=C(NN)NC1CC1. The molecule has 1 aliphatic carbocycles. The van der Waals surface area contributed by atoms with Crippen molar-refractivity contribution in [3.63, 3.8) is 0 Å². The van der Waals surface area contributed by atoms with Crippen LogP contribution in [0.5, 0.6) is 0 Å². The molecule has 4 N–H and O–H groups in total. The molecule has 0 aromatic rings. The molecule has 1 saturated carbocycles. The molecule has 0 unspecified atom stereocenters. The Morgan fingerprint density at radius 1 is 1.43 bits per heavy atom. The average molecular weight is 198 g/mol. The van der Waals surface area contributed by atoms with Gasteiger partial charge in [-0.05, 0) is 18.8 Å². The molecule has 0 aromatic carbocycles. The van der Waals surface area contributed by atoms with Crippen molar-refractivity contribution in [2.45, 2.75) is 45.6 Å². The molecule has 1 rings (SSSR count). The van der Waals surface area contributed by atoms with Crippen LogP contribution in [0, 0.1) is 5.92 Å². The van der Waals surface area contributed by atoms with Crippen LogP contribution in [-0.2, 0) is 0 Å². The monoisotopic (exact) mass is 198 g/mol. The summed E-state index contributed by atoms with van der Waals surface area (Å²) in [6.45, 7) is 5.27. The summed E-state index contributed by atoms with van der Waals surface area (Å²) in [5.74, 6) is 6.80. The molecule has 0 bridgehead atoms. The fourth-order valence-corrected chi connectivity index (χ4v) is 1.32. The summed E-state index contributed by atoms with van der Waals surface area (Å²) in [4.78, 5) is 4.43. The van der Waals surface area contributed by atoms with Gasteiger partial charge in [-0.2, -0.15) is 0 Å². The van der Waals surface area contributed by atoms with Crippen molar-refractivity contribution < 1.29 is 0 Å². The van der Waals surface area contributed by atoms with E-state index in [1.807, 2.05) is 0 Å². The van der Waals surface area contributed by atoms with Gasteiger partial charge in [-0.25, -0.2) is 5.84 Å². The molecule has 0 amide bonds. The molecule has 0 aliphatic heterocycles. The van der Waals surface area contributed by atoms with Crippen molar-refractivity contribution in [2.75, 3.05) is 6.54 Å². The van der Waals surface area contributed by atoms with Gasteiger partial charge in [0.2, 0.25) is 5.96 Å². The molecule has 0 aromatic heterocycles. The lowest BCUT2D eigenvalue weighted by molar-refractivity contribution is 0.504. The van der Waals surface area contributed by atoms with Gasteiger partial charge in [-0.15, -0.1) is 0 Å². The number of nitrogens with two attached hydrogens (primary N) is 1. The minimum absolute atomic E-state index is 0.603. The van der Waals surface area contributed by atoms with Gasteiger partial charge in [-0.1, -0.05) is 26.7 Å². The highest BCUT2D eigenvalue weighted by Crippen LogP contribution is 2.18. The summed E-state index contributed by atoms with van der Waals surface area (Å²) in [5, 5.41) is 3.26. The number of aliphatic imine (C=N–C) groups is 1. The second-order valence-electron chi connectivity index (χ2n) is 3.93. The Morgan fingerprint density at radius 3 is 2.50 bits per heavy atom. The molecule has 14 heavy (non-hydrogen) atoms. The van der Waals surface area contributed by atoms with E-state index in [1.165, 1.54) is 25.7 Å². The van der Waals surface area contributed by atoms with Crippen molar-refractivity contribution in [1.82, 2.24) is 10.7 Å². The van der Waals surface area contributed by atoms with Crippen molar-refractivity contribution in [3.05, 3.63) is 0 Å². The van der Waals surface area contributed by atoms with E-state index >= 15 is 0 Å². The molecule has 0 heterocycles. The Labute approximate surface area is 86.3 Å². The highest BCUT2D eigenvalue weighted by molar-refractivity contribution is 5.79. The van der Waals surface area contributed by atoms with E-state index in [1.54, 1.807) is 0 Å². The third-order valence-corrected chi connectivity index (χ3v) is 2.72. The van der Waals surface area contributed by atoms with Crippen molar-refractivity contribution >= 4 is 5.96 Å². The zero-order chi connectivity index (χ0) is 10.4. The van der Waals surface area contributed by atoms with E-state index in [0.717, 1.165) is 12.5 Å². The predicted molar refractivity (Wildman–Crippen MR) is 59.9 cm³/mol. The van der Waals surface area contributed by atoms with Gasteiger partial charge >= 0.3 is 0 Å². The quantitative estimate of drug-likeness (QED) is 0.267. The Kier molecular flexibility index (Phi) is 4.73. The first-order valence-electron chi connectivity index (χ1n) is 5.57. The minimum atomic E-state index is 0.603. The highest BCUT2D eigenvalue weighted by atomic mass is 15.3. The van der Waals surface area contributed by atoms with E-state index in [9.17, 15) is 0 Å². The Morgan fingerprint density at radius 2 is 2.07 bits per heavy atom. The van der Waals surface area contributed by atoms with Crippen molar-refractivity contribution in [1.29, 1.82) is 0 Å². The van der Waals surface area contributed by atoms with Crippen LogP contribution in [0.2, 0.25) is 0 Å². The third-order valence-electron chi connectivity index (χ3n) is 2.72. The maximum atomic E-state index is 5.37. The van der Waals surface area contributed by atoms with Gasteiger partial charge in [0.1, 0.15) is 0 Å². The topological polar surface area (TPSA) is 62.4 Å². The number of rotatable bonds is 5. The van der Waals surface area contributed by atoms with Crippen LogP contribution in [0.4, 0.5) is 0 Å². The summed E-state index contributed by atoms with van der Waals surface area (Å²) in [6, 6.07) is 0.603. The first-order chi connectivity index (χ1) is 6.80. The Bertz CT molecular complexity index is 183. The number of nitrogens with zero attached hydrogens (tertiary/aromatic N) is 1. The van der Waals surface area contributed by atoms with Crippen LogP contribution in [0.3, 0.4) is 0 Å². The molecular formula is C10H22N4. The van der Waals surface area contributed by atoms with Gasteiger partial charge in [0.25, 0.3) is 0 Å².